The van der Waals surface area contributed by atoms with Gasteiger partial charge in [0.15, 0.2) is 16.1 Å². The lowest BCUT2D eigenvalue weighted by atomic mass is 10.1. The molecule has 0 saturated heterocycles. The number of benzene rings is 3. The van der Waals surface area contributed by atoms with Crippen LogP contribution in [-0.4, -0.2) is 25.7 Å². The quantitative estimate of drug-likeness (QED) is 0.229. The van der Waals surface area contributed by atoms with Crippen molar-refractivity contribution in [2.45, 2.75) is 10.9 Å². The lowest BCUT2D eigenvalue weighted by molar-refractivity contribution is 0.102. The van der Waals surface area contributed by atoms with Crippen LogP contribution in [0.3, 0.4) is 0 Å². The van der Waals surface area contributed by atoms with Gasteiger partial charge in [-0.05, 0) is 42.0 Å². The first kappa shape index (κ1) is 22.5. The Kier molecular flexibility index (Phi) is 6.84. The SMILES string of the molecule is O=C(Nc1nccs1)c1ccc(CSc2nnc(-c3ccc(Br)cc3)n2-c2ccccc2)cc1. The Morgan fingerprint density at radius 3 is 2.44 bits per heavy atom. The summed E-state index contributed by atoms with van der Waals surface area (Å²) in [5.74, 6) is 1.31. The number of para-hydroxylation sites is 1. The topological polar surface area (TPSA) is 72.7 Å². The van der Waals surface area contributed by atoms with E-state index >= 15 is 0 Å². The van der Waals surface area contributed by atoms with Crippen LogP contribution in [0.2, 0.25) is 0 Å². The zero-order valence-electron chi connectivity index (χ0n) is 17.8. The smallest absolute Gasteiger partial charge is 0.257 e. The van der Waals surface area contributed by atoms with Crippen LogP contribution >= 0.6 is 39.0 Å². The number of carbonyl (C=O) groups excluding carboxylic acids is 1. The highest BCUT2D eigenvalue weighted by molar-refractivity contribution is 9.10. The zero-order chi connectivity index (χ0) is 23.3. The highest BCUT2D eigenvalue weighted by atomic mass is 79.9. The molecule has 168 valence electrons. The van der Waals surface area contributed by atoms with E-state index < -0.39 is 0 Å². The summed E-state index contributed by atoms with van der Waals surface area (Å²) >= 11 is 6.49. The van der Waals surface area contributed by atoms with Gasteiger partial charge in [0, 0.05) is 38.6 Å². The Bertz CT molecular complexity index is 1390. The minimum Gasteiger partial charge on any atom is -0.298 e. The molecule has 0 radical (unpaired) electrons. The predicted molar refractivity (Wildman–Crippen MR) is 141 cm³/mol. The molecule has 5 aromatic rings. The first-order valence-corrected chi connectivity index (χ1v) is 13.0. The van der Waals surface area contributed by atoms with Crippen LogP contribution in [0.25, 0.3) is 17.1 Å². The number of thiazole rings is 1. The Balaban J connectivity index is 1.35. The van der Waals surface area contributed by atoms with Gasteiger partial charge in [-0.3, -0.25) is 14.7 Å². The average Bonchev–Trinajstić information content (AvgIpc) is 3.54. The monoisotopic (exact) mass is 547 g/mol. The largest absolute Gasteiger partial charge is 0.298 e. The normalized spacial score (nSPS) is 10.9. The number of nitrogens with one attached hydrogen (secondary N) is 1. The molecule has 9 heteroatoms. The van der Waals surface area contributed by atoms with E-state index in [0.717, 1.165) is 32.3 Å². The summed E-state index contributed by atoms with van der Waals surface area (Å²) < 4.78 is 3.09. The number of thioether (sulfide) groups is 1. The number of aromatic nitrogens is 4. The summed E-state index contributed by atoms with van der Waals surface area (Å²) in [5, 5.41) is 15.0. The molecule has 2 heterocycles. The molecule has 3 aromatic carbocycles. The summed E-state index contributed by atoms with van der Waals surface area (Å²) in [6.07, 6.45) is 1.66. The number of hydrogen-bond donors (Lipinski definition) is 1. The van der Waals surface area contributed by atoms with Crippen molar-refractivity contribution in [2.24, 2.45) is 0 Å². The van der Waals surface area contributed by atoms with Crippen molar-refractivity contribution < 1.29 is 4.79 Å². The number of rotatable bonds is 7. The average molecular weight is 548 g/mol. The summed E-state index contributed by atoms with van der Waals surface area (Å²) in [4.78, 5) is 16.5. The fourth-order valence-corrected chi connectivity index (χ4v) is 5.01. The second-order valence-corrected chi connectivity index (χ2v) is 10.0. The molecule has 6 nitrogen and oxygen atoms in total. The first-order valence-electron chi connectivity index (χ1n) is 10.4. The van der Waals surface area contributed by atoms with Gasteiger partial charge in [-0.15, -0.1) is 21.5 Å². The molecule has 0 saturated carbocycles. The highest BCUT2D eigenvalue weighted by Crippen LogP contribution is 2.30. The summed E-state index contributed by atoms with van der Waals surface area (Å²) in [6.45, 7) is 0. The van der Waals surface area contributed by atoms with Crippen molar-refractivity contribution >= 4 is 50.1 Å². The van der Waals surface area contributed by atoms with Gasteiger partial charge in [0.25, 0.3) is 5.91 Å². The Hall–Kier alpha value is -3.27. The molecule has 1 N–H and O–H groups in total. The number of nitrogens with zero attached hydrogens (tertiary/aromatic N) is 4. The van der Waals surface area contributed by atoms with Crippen molar-refractivity contribution in [1.82, 2.24) is 19.7 Å². The lowest BCUT2D eigenvalue weighted by Gasteiger charge is -2.10. The third-order valence-corrected chi connectivity index (χ3v) is 7.20. The number of halogens is 1. The van der Waals surface area contributed by atoms with Crippen molar-refractivity contribution in [3.8, 4) is 17.1 Å². The molecular weight excluding hydrogens is 530 g/mol. The van der Waals surface area contributed by atoms with E-state index in [-0.39, 0.29) is 5.91 Å². The maximum Gasteiger partial charge on any atom is 0.257 e. The molecule has 0 aliphatic rings. The maximum atomic E-state index is 12.4. The number of hydrogen-bond acceptors (Lipinski definition) is 6. The number of carbonyl (C=O) groups is 1. The summed E-state index contributed by atoms with van der Waals surface area (Å²) in [6, 6.07) is 25.7. The van der Waals surface area contributed by atoms with E-state index in [2.05, 4.69) is 41.0 Å². The second kappa shape index (κ2) is 10.3. The van der Waals surface area contributed by atoms with Crippen LogP contribution in [0.5, 0.6) is 0 Å². The fraction of sp³-hybridized carbons (Fsp3) is 0.0400. The third-order valence-electron chi connectivity index (χ3n) is 4.99. The van der Waals surface area contributed by atoms with Gasteiger partial charge in [0.2, 0.25) is 0 Å². The molecule has 0 atom stereocenters. The Morgan fingerprint density at radius 2 is 1.74 bits per heavy atom. The van der Waals surface area contributed by atoms with E-state index in [4.69, 9.17) is 0 Å². The van der Waals surface area contributed by atoms with Gasteiger partial charge in [-0.25, -0.2) is 4.98 Å². The molecule has 0 bridgehead atoms. The van der Waals surface area contributed by atoms with E-state index in [9.17, 15) is 4.79 Å². The van der Waals surface area contributed by atoms with Gasteiger partial charge in [0.05, 0.1) is 0 Å². The first-order chi connectivity index (χ1) is 16.7. The van der Waals surface area contributed by atoms with Crippen LogP contribution in [0, 0.1) is 0 Å². The van der Waals surface area contributed by atoms with Crippen LogP contribution < -0.4 is 5.32 Å². The molecule has 0 unspecified atom stereocenters. The van der Waals surface area contributed by atoms with Gasteiger partial charge in [0.1, 0.15) is 0 Å². The molecule has 5 rings (SSSR count). The molecule has 34 heavy (non-hydrogen) atoms. The highest BCUT2D eigenvalue weighted by Gasteiger charge is 2.16. The van der Waals surface area contributed by atoms with Crippen molar-refractivity contribution in [1.29, 1.82) is 0 Å². The molecule has 0 spiro atoms. The van der Waals surface area contributed by atoms with Gasteiger partial charge >= 0.3 is 0 Å². The predicted octanol–water partition coefficient (Wildman–Crippen LogP) is 6.70. The maximum absolute atomic E-state index is 12.4. The van der Waals surface area contributed by atoms with Crippen LogP contribution in [-0.2, 0) is 5.75 Å². The van der Waals surface area contributed by atoms with Crippen LogP contribution in [0.1, 0.15) is 15.9 Å². The minimum atomic E-state index is -0.169. The lowest BCUT2D eigenvalue weighted by Crippen LogP contribution is -2.11. The molecule has 2 aromatic heterocycles. The van der Waals surface area contributed by atoms with E-state index in [1.54, 1.807) is 18.0 Å². The third kappa shape index (κ3) is 5.11. The molecule has 1 amide bonds. The van der Waals surface area contributed by atoms with Gasteiger partial charge in [-0.2, -0.15) is 0 Å². The van der Waals surface area contributed by atoms with E-state index in [0.29, 0.717) is 16.4 Å². The van der Waals surface area contributed by atoms with E-state index in [1.807, 2.05) is 84.2 Å². The van der Waals surface area contributed by atoms with Crippen LogP contribution in [0.4, 0.5) is 5.13 Å². The molecular formula is C25H18BrN5OS2. The molecule has 0 fully saturated rings. The van der Waals surface area contributed by atoms with Crippen molar-refractivity contribution in [3.63, 3.8) is 0 Å². The van der Waals surface area contributed by atoms with Gasteiger partial charge < -0.3 is 0 Å². The zero-order valence-corrected chi connectivity index (χ0v) is 21.0. The van der Waals surface area contributed by atoms with Gasteiger partial charge in [-0.1, -0.05) is 70.2 Å². The number of anilines is 1. The Labute approximate surface area is 213 Å². The minimum absolute atomic E-state index is 0.169. The Morgan fingerprint density at radius 1 is 0.971 bits per heavy atom. The van der Waals surface area contributed by atoms with E-state index in [1.165, 1.54) is 11.3 Å². The molecule has 0 aliphatic carbocycles. The number of amides is 1. The fourth-order valence-electron chi connectivity index (χ4n) is 3.31. The van der Waals surface area contributed by atoms with Crippen LogP contribution in [0.15, 0.2) is 100 Å². The summed E-state index contributed by atoms with van der Waals surface area (Å²) in [5.41, 5.74) is 3.67. The standard InChI is InChI=1S/C25H18BrN5OS2/c26-20-12-10-18(11-13-20)22-29-30-25(31(22)21-4-2-1-3-5-21)34-16-17-6-8-19(9-7-17)23(32)28-24-27-14-15-33-24/h1-15H,16H2,(H,27,28,32). The second-order valence-electron chi connectivity index (χ2n) is 7.26. The van der Waals surface area contributed by atoms with Crippen molar-refractivity contribution in [2.75, 3.05) is 5.32 Å². The van der Waals surface area contributed by atoms with Crippen molar-refractivity contribution in [3.05, 3.63) is 106 Å². The molecule has 0 aliphatic heterocycles. The summed E-state index contributed by atoms with van der Waals surface area (Å²) in [7, 11) is 0.